The van der Waals surface area contributed by atoms with Crippen LogP contribution in [0.4, 0.5) is 0 Å². The van der Waals surface area contributed by atoms with Crippen molar-refractivity contribution < 1.29 is 44.9 Å². The summed E-state index contributed by atoms with van der Waals surface area (Å²) >= 11 is 0. The van der Waals surface area contributed by atoms with E-state index in [0.717, 1.165) is 18.4 Å². The molecule has 9 heteroatoms. The van der Waals surface area contributed by atoms with Crippen LogP contribution in [0.3, 0.4) is 0 Å². The second kappa shape index (κ2) is 8.86. The van der Waals surface area contributed by atoms with Gasteiger partial charge in [0.2, 0.25) is 0 Å². The van der Waals surface area contributed by atoms with Crippen LogP contribution < -0.4 is 0 Å². The van der Waals surface area contributed by atoms with E-state index in [1.54, 1.807) is 0 Å². The van der Waals surface area contributed by atoms with Crippen LogP contribution in [0.15, 0.2) is 12.2 Å². The Morgan fingerprint density at radius 1 is 1.12 bits per heavy atom. The van der Waals surface area contributed by atoms with Crippen LogP contribution in [0.2, 0.25) is 0 Å². The molecule has 188 valence electrons. The molecule has 0 bridgehead atoms. The molecule has 4 rings (SSSR count). The molecule has 0 spiro atoms. The van der Waals surface area contributed by atoms with E-state index < -0.39 is 72.2 Å². The van der Waals surface area contributed by atoms with Crippen molar-refractivity contribution in [3.63, 3.8) is 0 Å². The third kappa shape index (κ3) is 3.95. The van der Waals surface area contributed by atoms with E-state index in [-0.39, 0.29) is 18.3 Å². The third-order valence-electron chi connectivity index (χ3n) is 9.36. The normalized spacial score (nSPS) is 52.6. The highest BCUT2D eigenvalue weighted by molar-refractivity contribution is 5.71. The van der Waals surface area contributed by atoms with Gasteiger partial charge in [0.25, 0.3) is 0 Å². The van der Waals surface area contributed by atoms with Gasteiger partial charge in [0, 0.05) is 5.41 Å². The van der Waals surface area contributed by atoms with Gasteiger partial charge in [0.05, 0.1) is 24.7 Å². The van der Waals surface area contributed by atoms with Crippen LogP contribution in [-0.2, 0) is 14.3 Å². The number of rotatable bonds is 4. The number of hydrogen-bond acceptors (Lipinski definition) is 8. The highest BCUT2D eigenvalue weighted by Gasteiger charge is 2.62. The Kier molecular flexibility index (Phi) is 6.72. The van der Waals surface area contributed by atoms with Crippen molar-refractivity contribution in [2.45, 2.75) is 95.3 Å². The number of carboxylic acid groups (broad SMARTS) is 1. The van der Waals surface area contributed by atoms with Gasteiger partial charge >= 0.3 is 5.97 Å². The van der Waals surface area contributed by atoms with Gasteiger partial charge < -0.3 is 40.1 Å². The van der Waals surface area contributed by atoms with Crippen LogP contribution >= 0.6 is 0 Å². The first kappa shape index (κ1) is 25.0. The number of hydrogen-bond donors (Lipinski definition) is 6. The first-order chi connectivity index (χ1) is 15.4. The monoisotopic (exact) mass is 470 g/mol. The van der Waals surface area contributed by atoms with Gasteiger partial charge in [-0.25, -0.2) is 0 Å². The SMILES string of the molecule is C=C1CC[C@H]2[C@]3(C)C[C@H](O[C@@H]4O[C@H](CO)[C@@H](O)[C@H](O)[C@H]4O)C[C@@H](C(=O)O)[C@H]3CC[C@]2(C)[C@H]1O. The first-order valence-corrected chi connectivity index (χ1v) is 12.0. The predicted octanol–water partition coefficient (Wildman–Crippen LogP) is 0.416. The van der Waals surface area contributed by atoms with Gasteiger partial charge in [-0.2, -0.15) is 0 Å². The van der Waals surface area contributed by atoms with Crippen molar-refractivity contribution in [2.24, 2.45) is 28.6 Å². The number of aliphatic hydroxyl groups excluding tert-OH is 5. The van der Waals surface area contributed by atoms with Gasteiger partial charge in [-0.15, -0.1) is 0 Å². The van der Waals surface area contributed by atoms with Crippen LogP contribution in [0.1, 0.15) is 52.4 Å². The van der Waals surface area contributed by atoms with Crippen LogP contribution in [-0.4, -0.2) is 86.1 Å². The largest absolute Gasteiger partial charge is 0.481 e. The van der Waals surface area contributed by atoms with Crippen molar-refractivity contribution in [1.82, 2.24) is 0 Å². The van der Waals surface area contributed by atoms with E-state index >= 15 is 0 Å². The molecule has 1 aliphatic heterocycles. The zero-order valence-corrected chi connectivity index (χ0v) is 19.3. The highest BCUT2D eigenvalue weighted by atomic mass is 16.7. The van der Waals surface area contributed by atoms with Gasteiger partial charge in [-0.05, 0) is 61.3 Å². The predicted molar refractivity (Wildman–Crippen MR) is 116 cm³/mol. The molecule has 0 aromatic heterocycles. The van der Waals surface area contributed by atoms with Crippen LogP contribution in [0.5, 0.6) is 0 Å². The zero-order valence-electron chi connectivity index (χ0n) is 19.3. The zero-order chi connectivity index (χ0) is 24.3. The van der Waals surface area contributed by atoms with Crippen molar-refractivity contribution in [3.8, 4) is 0 Å². The molecule has 3 aliphatic carbocycles. The summed E-state index contributed by atoms with van der Waals surface area (Å²) in [5.74, 6) is -1.53. The molecule has 0 aromatic rings. The minimum absolute atomic E-state index is 0.0682. The molecular formula is C24H38O9. The van der Waals surface area contributed by atoms with Crippen molar-refractivity contribution in [3.05, 3.63) is 12.2 Å². The Labute approximate surface area is 194 Å². The van der Waals surface area contributed by atoms with E-state index in [4.69, 9.17) is 9.47 Å². The Morgan fingerprint density at radius 3 is 2.45 bits per heavy atom. The lowest BCUT2D eigenvalue weighted by Crippen LogP contribution is -2.62. The molecule has 4 aliphatic rings. The highest BCUT2D eigenvalue weighted by Crippen LogP contribution is 2.65. The lowest BCUT2D eigenvalue weighted by molar-refractivity contribution is -0.319. The summed E-state index contributed by atoms with van der Waals surface area (Å²) in [7, 11) is 0. The Balaban J connectivity index is 1.61. The maximum atomic E-state index is 12.3. The minimum atomic E-state index is -1.56. The molecule has 0 radical (unpaired) electrons. The van der Waals surface area contributed by atoms with E-state index in [0.29, 0.717) is 19.3 Å². The number of fused-ring (bicyclic) bond motifs is 3. The van der Waals surface area contributed by atoms with Crippen molar-refractivity contribution in [1.29, 1.82) is 0 Å². The number of aliphatic carboxylic acids is 1. The number of ether oxygens (including phenoxy) is 2. The first-order valence-electron chi connectivity index (χ1n) is 12.0. The molecule has 9 nitrogen and oxygen atoms in total. The van der Waals surface area contributed by atoms with Gasteiger partial charge in [0.1, 0.15) is 24.4 Å². The van der Waals surface area contributed by atoms with Gasteiger partial charge in [-0.1, -0.05) is 20.4 Å². The van der Waals surface area contributed by atoms with Gasteiger partial charge in [0.15, 0.2) is 6.29 Å². The summed E-state index contributed by atoms with van der Waals surface area (Å²) in [5, 5.41) is 61.1. The van der Waals surface area contributed by atoms with E-state index in [9.17, 15) is 35.4 Å². The standard InChI is InChI=1S/C24H38O9/c1-11-4-5-16-23(2,20(11)29)7-6-14-13(21(30)31)8-12(9-24(14,16)3)32-22-19(28)18(27)17(26)15(10-25)33-22/h12-20,22,25-29H,1,4-10H2,2-3H3,(H,30,31)/t12-,13-,14-,15-,16-,17-,18+,19-,20+,22-,23+,24-/m1/s1. The molecule has 0 amide bonds. The van der Waals surface area contributed by atoms with Crippen LogP contribution in [0.25, 0.3) is 0 Å². The summed E-state index contributed by atoms with van der Waals surface area (Å²) < 4.78 is 11.6. The summed E-state index contributed by atoms with van der Waals surface area (Å²) in [6, 6.07) is 0. The number of carbonyl (C=O) groups is 1. The Bertz CT molecular complexity index is 771. The van der Waals surface area contributed by atoms with Crippen molar-refractivity contribution >= 4 is 5.97 Å². The van der Waals surface area contributed by atoms with Gasteiger partial charge in [-0.3, -0.25) is 4.79 Å². The molecule has 0 aromatic carbocycles. The lowest BCUT2D eigenvalue weighted by atomic mass is 9.42. The molecular weight excluding hydrogens is 432 g/mol. The second-order valence-corrected chi connectivity index (χ2v) is 11.1. The fourth-order valence-electron chi connectivity index (χ4n) is 7.62. The lowest BCUT2D eigenvalue weighted by Gasteiger charge is -2.63. The fourth-order valence-corrected chi connectivity index (χ4v) is 7.62. The molecule has 3 saturated carbocycles. The summed E-state index contributed by atoms with van der Waals surface area (Å²) in [6.45, 7) is 7.66. The molecule has 1 saturated heterocycles. The molecule has 0 unspecified atom stereocenters. The quantitative estimate of drug-likeness (QED) is 0.253. The van der Waals surface area contributed by atoms with Crippen LogP contribution in [0, 0.1) is 28.6 Å². The minimum Gasteiger partial charge on any atom is -0.481 e. The third-order valence-corrected chi connectivity index (χ3v) is 9.36. The summed E-state index contributed by atoms with van der Waals surface area (Å²) in [4.78, 5) is 12.3. The smallest absolute Gasteiger partial charge is 0.306 e. The second-order valence-electron chi connectivity index (χ2n) is 11.1. The topological polar surface area (TPSA) is 157 Å². The fraction of sp³-hybridized carbons (Fsp3) is 0.875. The maximum Gasteiger partial charge on any atom is 0.306 e. The van der Waals surface area contributed by atoms with Crippen molar-refractivity contribution in [2.75, 3.05) is 6.61 Å². The molecule has 4 fully saturated rings. The average Bonchev–Trinajstić information content (AvgIpc) is 2.76. The van der Waals surface area contributed by atoms with E-state index in [1.165, 1.54) is 0 Å². The Hall–Kier alpha value is -1.07. The average molecular weight is 471 g/mol. The summed E-state index contributed by atoms with van der Waals surface area (Å²) in [6.07, 6.45) is -4.47. The summed E-state index contributed by atoms with van der Waals surface area (Å²) in [5.41, 5.74) is 0.0132. The molecule has 12 atom stereocenters. The number of aliphatic hydroxyl groups is 5. The maximum absolute atomic E-state index is 12.3. The number of carboxylic acids is 1. The Morgan fingerprint density at radius 2 is 1.82 bits per heavy atom. The van der Waals surface area contributed by atoms with E-state index in [1.807, 2.05) is 0 Å². The van der Waals surface area contributed by atoms with E-state index in [2.05, 4.69) is 20.4 Å². The molecule has 6 N–H and O–H groups in total. The molecule has 33 heavy (non-hydrogen) atoms. The molecule has 1 heterocycles.